The lowest BCUT2D eigenvalue weighted by Gasteiger charge is -2.11. The van der Waals surface area contributed by atoms with Crippen molar-refractivity contribution in [1.29, 1.82) is 5.26 Å². The zero-order chi connectivity index (χ0) is 33.6. The summed E-state index contributed by atoms with van der Waals surface area (Å²) in [6.45, 7) is 0. The second-order valence-corrected chi connectivity index (χ2v) is 13.1. The van der Waals surface area contributed by atoms with E-state index in [2.05, 4.69) is 95.6 Å². The summed E-state index contributed by atoms with van der Waals surface area (Å²) >= 11 is 0. The van der Waals surface area contributed by atoms with Crippen LogP contribution < -0.4 is 0 Å². The summed E-state index contributed by atoms with van der Waals surface area (Å²) in [6, 6.07) is 54.3. The summed E-state index contributed by atoms with van der Waals surface area (Å²) in [5, 5.41) is 17.0. The van der Waals surface area contributed by atoms with E-state index in [9.17, 15) is 5.26 Å². The quantitative estimate of drug-likeness (QED) is 0.191. The minimum absolute atomic E-state index is 0.637. The lowest BCUT2D eigenvalue weighted by molar-refractivity contribution is 0.666. The summed E-state index contributed by atoms with van der Waals surface area (Å²) in [7, 11) is 0. The monoisotopic (exact) mass is 651 g/mol. The summed E-state index contributed by atoms with van der Waals surface area (Å²) in [6.07, 6.45) is 0. The zero-order valence-corrected chi connectivity index (χ0v) is 27.1. The molecule has 4 heterocycles. The number of para-hydroxylation sites is 3. The van der Waals surface area contributed by atoms with E-state index in [1.807, 2.05) is 66.7 Å². The summed E-state index contributed by atoms with van der Waals surface area (Å²) < 4.78 is 15.1. The number of fused-ring (bicyclic) bond motifs is 11. The van der Waals surface area contributed by atoms with E-state index in [4.69, 9.17) is 13.8 Å². The van der Waals surface area contributed by atoms with Gasteiger partial charge >= 0.3 is 0 Å². The van der Waals surface area contributed by atoms with Crippen LogP contribution in [0.15, 0.2) is 160 Å². The van der Waals surface area contributed by atoms with Gasteiger partial charge in [0.05, 0.1) is 39.3 Å². The fraction of sp³-hybridized carbons (Fsp3) is 0. The van der Waals surface area contributed by atoms with Crippen LogP contribution in [0.3, 0.4) is 0 Å². The molecule has 0 aliphatic heterocycles. The smallest absolute Gasteiger partial charge is 0.147 e. The average molecular weight is 652 g/mol. The van der Waals surface area contributed by atoms with Crippen LogP contribution in [-0.2, 0) is 0 Å². The number of rotatable bonds is 3. The molecule has 11 rings (SSSR count). The minimum atomic E-state index is 0.637. The molecule has 0 radical (unpaired) electrons. The Morgan fingerprint density at radius 3 is 2.04 bits per heavy atom. The van der Waals surface area contributed by atoms with Gasteiger partial charge in [-0.3, -0.25) is 0 Å². The Morgan fingerprint density at radius 1 is 0.490 bits per heavy atom. The fourth-order valence-electron chi connectivity index (χ4n) is 7.86. The van der Waals surface area contributed by atoms with Crippen LogP contribution in [0.4, 0.5) is 0 Å². The maximum Gasteiger partial charge on any atom is 0.147 e. The molecule has 0 atom stereocenters. The molecule has 0 N–H and O–H groups in total. The molecule has 7 aromatic carbocycles. The molecular formula is C46H25N3O2. The van der Waals surface area contributed by atoms with Crippen LogP contribution in [0.25, 0.3) is 105 Å². The molecular weight excluding hydrogens is 627 g/mol. The van der Waals surface area contributed by atoms with Gasteiger partial charge < -0.3 is 13.4 Å². The van der Waals surface area contributed by atoms with Crippen LogP contribution in [0.5, 0.6) is 0 Å². The number of nitrogens with zero attached hydrogens (tertiary/aromatic N) is 3. The van der Waals surface area contributed by atoms with Crippen LogP contribution in [0.2, 0.25) is 0 Å². The van der Waals surface area contributed by atoms with Crippen molar-refractivity contribution in [3.63, 3.8) is 0 Å². The van der Waals surface area contributed by atoms with E-state index in [0.29, 0.717) is 5.56 Å². The van der Waals surface area contributed by atoms with Crippen LogP contribution in [0, 0.1) is 11.3 Å². The SMILES string of the molecule is N#Cc1ccc2c3ccc(-c4cccc(-c5nc6cc7c(cc6c6oc8ccccc8c56)oc5ccccc57)c4)cc3n(-c3ccccc3)c2c1. The highest BCUT2D eigenvalue weighted by atomic mass is 16.3. The van der Waals surface area contributed by atoms with Crippen LogP contribution in [0.1, 0.15) is 5.56 Å². The topological polar surface area (TPSA) is 67.9 Å². The van der Waals surface area contributed by atoms with Crippen molar-refractivity contribution in [1.82, 2.24) is 9.55 Å². The second kappa shape index (κ2) is 10.4. The first-order chi connectivity index (χ1) is 25.2. The first kappa shape index (κ1) is 27.8. The number of pyridine rings is 1. The molecule has 0 bridgehead atoms. The van der Waals surface area contributed by atoms with Gasteiger partial charge in [0.1, 0.15) is 22.3 Å². The van der Waals surface area contributed by atoms with E-state index < -0.39 is 0 Å². The molecule has 11 aromatic rings. The van der Waals surface area contributed by atoms with Gasteiger partial charge in [-0.1, -0.05) is 91.0 Å². The van der Waals surface area contributed by atoms with E-state index in [0.717, 1.165) is 105 Å². The molecule has 0 fully saturated rings. The molecule has 0 aliphatic carbocycles. The Bertz CT molecular complexity index is 3270. The first-order valence-corrected chi connectivity index (χ1v) is 16.9. The molecule has 5 nitrogen and oxygen atoms in total. The van der Waals surface area contributed by atoms with Gasteiger partial charge in [0, 0.05) is 43.6 Å². The van der Waals surface area contributed by atoms with E-state index in [-0.39, 0.29) is 0 Å². The average Bonchev–Trinajstić information content (AvgIpc) is 3.86. The number of furan rings is 2. The van der Waals surface area contributed by atoms with Gasteiger partial charge in [0.2, 0.25) is 0 Å². The summed E-state index contributed by atoms with van der Waals surface area (Å²) in [4.78, 5) is 5.38. The molecule has 0 saturated carbocycles. The highest BCUT2D eigenvalue weighted by Crippen LogP contribution is 2.43. The second-order valence-electron chi connectivity index (χ2n) is 13.1. The zero-order valence-electron chi connectivity index (χ0n) is 27.1. The lowest BCUT2D eigenvalue weighted by Crippen LogP contribution is -1.94. The Hall–Kier alpha value is -7.16. The Labute approximate surface area is 290 Å². The molecule has 236 valence electrons. The first-order valence-electron chi connectivity index (χ1n) is 16.9. The van der Waals surface area contributed by atoms with Gasteiger partial charge in [0.15, 0.2) is 0 Å². The predicted molar refractivity (Wildman–Crippen MR) is 206 cm³/mol. The third-order valence-corrected chi connectivity index (χ3v) is 10.2. The maximum atomic E-state index is 9.72. The van der Waals surface area contributed by atoms with Crippen molar-refractivity contribution >= 4 is 76.6 Å². The standard InChI is InChI=1S/C46H25N3O2/c47-26-27-17-19-32-33-20-18-29(23-40(33)49(39(32)21-27)31-11-2-1-3-12-31)28-9-8-10-30(22-28)45-44-35-14-5-7-16-42(35)51-46(44)37-25-43-36(24-38(37)48-45)34-13-4-6-15-41(34)50-43/h1-25H. The van der Waals surface area contributed by atoms with Crippen molar-refractivity contribution in [2.75, 3.05) is 0 Å². The number of hydrogen-bond donors (Lipinski definition) is 0. The molecule has 0 unspecified atom stereocenters. The number of aromatic nitrogens is 2. The highest BCUT2D eigenvalue weighted by Gasteiger charge is 2.20. The Morgan fingerprint density at radius 2 is 1.20 bits per heavy atom. The predicted octanol–water partition coefficient (Wildman–Crippen LogP) is 12.3. The van der Waals surface area contributed by atoms with E-state index in [1.54, 1.807) is 0 Å². The number of hydrogen-bond acceptors (Lipinski definition) is 4. The molecule has 5 heteroatoms. The van der Waals surface area contributed by atoms with Crippen molar-refractivity contribution in [3.05, 3.63) is 157 Å². The number of nitriles is 1. The van der Waals surface area contributed by atoms with Gasteiger partial charge in [-0.25, -0.2) is 4.98 Å². The highest BCUT2D eigenvalue weighted by molar-refractivity contribution is 6.22. The lowest BCUT2D eigenvalue weighted by atomic mass is 9.97. The largest absolute Gasteiger partial charge is 0.456 e. The normalized spacial score (nSPS) is 11.9. The number of benzene rings is 7. The van der Waals surface area contributed by atoms with Gasteiger partial charge in [0.25, 0.3) is 0 Å². The molecule has 0 amide bonds. The third kappa shape index (κ3) is 4.05. The van der Waals surface area contributed by atoms with Gasteiger partial charge in [-0.15, -0.1) is 0 Å². The fourth-order valence-corrected chi connectivity index (χ4v) is 7.86. The van der Waals surface area contributed by atoms with Crippen molar-refractivity contribution in [2.45, 2.75) is 0 Å². The van der Waals surface area contributed by atoms with Crippen molar-refractivity contribution < 1.29 is 8.83 Å². The van der Waals surface area contributed by atoms with Crippen molar-refractivity contribution in [2.24, 2.45) is 0 Å². The molecule has 0 spiro atoms. The molecule has 0 saturated heterocycles. The molecule has 0 aliphatic rings. The van der Waals surface area contributed by atoms with E-state index >= 15 is 0 Å². The Kier molecular flexibility index (Phi) is 5.67. The molecule has 51 heavy (non-hydrogen) atoms. The minimum Gasteiger partial charge on any atom is -0.456 e. The molecule has 4 aromatic heterocycles. The summed E-state index contributed by atoms with van der Waals surface area (Å²) in [5.41, 5.74) is 12.0. The van der Waals surface area contributed by atoms with Crippen molar-refractivity contribution in [3.8, 4) is 34.1 Å². The van der Waals surface area contributed by atoms with Gasteiger partial charge in [-0.2, -0.15) is 5.26 Å². The third-order valence-electron chi connectivity index (χ3n) is 10.2. The Balaban J connectivity index is 1.15. The summed E-state index contributed by atoms with van der Waals surface area (Å²) in [5.74, 6) is 0. The van der Waals surface area contributed by atoms with Crippen LogP contribution in [-0.4, -0.2) is 9.55 Å². The van der Waals surface area contributed by atoms with E-state index in [1.165, 1.54) is 0 Å². The van der Waals surface area contributed by atoms with Crippen LogP contribution >= 0.6 is 0 Å². The maximum absolute atomic E-state index is 9.72. The van der Waals surface area contributed by atoms with Gasteiger partial charge in [-0.05, 0) is 71.8 Å².